The van der Waals surface area contributed by atoms with E-state index in [1.54, 1.807) is 24.3 Å². The van der Waals surface area contributed by atoms with Gasteiger partial charge in [0.25, 0.3) is 0 Å². The van der Waals surface area contributed by atoms with Crippen molar-refractivity contribution in [2.24, 2.45) is 5.10 Å². The van der Waals surface area contributed by atoms with E-state index in [1.165, 1.54) is 0 Å². The van der Waals surface area contributed by atoms with Crippen molar-refractivity contribution in [2.75, 3.05) is 6.61 Å². The number of hydrogen-bond acceptors (Lipinski definition) is 5. The standard InChI is InChI=1S/C13H11ClN2O4/c14-9-3-1-8(2-4-9)11(17)7-20-13(19)10-5-6-12(18)16-15-10/h1-4H,5-7H2,(H,16,18). The number of carbonyl (C=O) groups is 3. The van der Waals surface area contributed by atoms with Crippen LogP contribution in [0.5, 0.6) is 0 Å². The van der Waals surface area contributed by atoms with Crippen molar-refractivity contribution in [2.45, 2.75) is 12.8 Å². The molecule has 0 aromatic heterocycles. The predicted molar refractivity (Wildman–Crippen MR) is 71.6 cm³/mol. The van der Waals surface area contributed by atoms with Crippen molar-refractivity contribution in [1.82, 2.24) is 5.43 Å². The molecule has 104 valence electrons. The highest BCUT2D eigenvalue weighted by Gasteiger charge is 2.20. The maximum absolute atomic E-state index is 11.8. The number of ether oxygens (including phenoxy) is 1. The van der Waals surface area contributed by atoms with Gasteiger partial charge < -0.3 is 4.74 Å². The van der Waals surface area contributed by atoms with Crippen LogP contribution in [0.2, 0.25) is 5.02 Å². The molecule has 1 aromatic carbocycles. The molecule has 0 spiro atoms. The van der Waals surface area contributed by atoms with Gasteiger partial charge in [-0.1, -0.05) is 11.6 Å². The van der Waals surface area contributed by atoms with Crippen LogP contribution in [-0.2, 0) is 14.3 Å². The molecule has 0 saturated heterocycles. The van der Waals surface area contributed by atoms with Gasteiger partial charge in [-0.25, -0.2) is 10.2 Å². The summed E-state index contributed by atoms with van der Waals surface area (Å²) in [6.45, 7) is -0.382. The lowest BCUT2D eigenvalue weighted by molar-refractivity contribution is -0.134. The average molecular weight is 295 g/mol. The van der Waals surface area contributed by atoms with E-state index in [9.17, 15) is 14.4 Å². The van der Waals surface area contributed by atoms with Crippen LogP contribution in [0.1, 0.15) is 23.2 Å². The van der Waals surface area contributed by atoms with Crippen molar-refractivity contribution in [3.05, 3.63) is 34.9 Å². The van der Waals surface area contributed by atoms with Crippen molar-refractivity contribution >= 4 is 35.0 Å². The molecule has 1 aliphatic rings. The minimum absolute atomic E-state index is 0.105. The van der Waals surface area contributed by atoms with Gasteiger partial charge in [-0.3, -0.25) is 9.59 Å². The zero-order valence-corrected chi connectivity index (χ0v) is 11.1. The summed E-state index contributed by atoms with van der Waals surface area (Å²) in [5, 5.41) is 4.11. The van der Waals surface area contributed by atoms with Gasteiger partial charge in [0.1, 0.15) is 5.71 Å². The number of halogens is 1. The van der Waals surface area contributed by atoms with Crippen LogP contribution in [0.4, 0.5) is 0 Å². The van der Waals surface area contributed by atoms with Gasteiger partial charge in [0.15, 0.2) is 12.4 Å². The van der Waals surface area contributed by atoms with E-state index in [2.05, 4.69) is 10.5 Å². The maximum atomic E-state index is 11.8. The smallest absolute Gasteiger partial charge is 0.354 e. The van der Waals surface area contributed by atoms with Gasteiger partial charge >= 0.3 is 5.97 Å². The van der Waals surface area contributed by atoms with Gasteiger partial charge in [0, 0.05) is 23.4 Å². The molecule has 0 unspecified atom stereocenters. The number of nitrogens with zero attached hydrogens (tertiary/aromatic N) is 1. The predicted octanol–water partition coefficient (Wildman–Crippen LogP) is 1.33. The number of esters is 1. The Balaban J connectivity index is 1.88. The Morgan fingerprint density at radius 1 is 1.25 bits per heavy atom. The monoisotopic (exact) mass is 294 g/mol. The molecule has 0 fully saturated rings. The first kappa shape index (κ1) is 14.2. The number of hydrazone groups is 1. The van der Waals surface area contributed by atoms with Gasteiger partial charge in [-0.2, -0.15) is 5.10 Å². The summed E-state index contributed by atoms with van der Waals surface area (Å²) in [6, 6.07) is 6.27. The number of ketones is 1. The Morgan fingerprint density at radius 2 is 1.95 bits per heavy atom. The topological polar surface area (TPSA) is 84.8 Å². The molecular formula is C13H11ClN2O4. The van der Waals surface area contributed by atoms with Crippen LogP contribution >= 0.6 is 11.6 Å². The molecule has 0 bridgehead atoms. The summed E-state index contributed by atoms with van der Waals surface area (Å²) < 4.78 is 4.86. The second-order valence-corrected chi connectivity index (χ2v) is 4.54. The minimum Gasteiger partial charge on any atom is -0.453 e. The molecule has 1 heterocycles. The third-order valence-corrected chi connectivity index (χ3v) is 2.89. The highest BCUT2D eigenvalue weighted by molar-refractivity contribution is 6.37. The summed E-state index contributed by atoms with van der Waals surface area (Å²) in [7, 11) is 0. The lowest BCUT2D eigenvalue weighted by Crippen LogP contribution is -2.31. The summed E-state index contributed by atoms with van der Waals surface area (Å²) in [5.41, 5.74) is 2.70. The average Bonchev–Trinajstić information content (AvgIpc) is 2.46. The van der Waals surface area contributed by atoms with Gasteiger partial charge in [-0.05, 0) is 24.3 Å². The van der Waals surface area contributed by atoms with Gasteiger partial charge in [0.2, 0.25) is 5.91 Å². The fourth-order valence-corrected chi connectivity index (χ4v) is 1.68. The van der Waals surface area contributed by atoms with Crippen LogP contribution in [-0.4, -0.2) is 30.0 Å². The van der Waals surface area contributed by atoms with E-state index < -0.39 is 5.97 Å². The van der Waals surface area contributed by atoms with E-state index in [0.29, 0.717) is 10.6 Å². The van der Waals surface area contributed by atoms with Crippen molar-refractivity contribution in [3.63, 3.8) is 0 Å². The first-order valence-corrected chi connectivity index (χ1v) is 6.25. The third kappa shape index (κ3) is 3.64. The molecule has 20 heavy (non-hydrogen) atoms. The summed E-state index contributed by atoms with van der Waals surface area (Å²) >= 11 is 5.71. The minimum atomic E-state index is -0.702. The number of carbonyl (C=O) groups excluding carboxylic acids is 3. The molecule has 0 atom stereocenters. The van der Waals surface area contributed by atoms with Crippen molar-refractivity contribution in [3.8, 4) is 0 Å². The lowest BCUT2D eigenvalue weighted by atomic mass is 10.1. The molecule has 0 radical (unpaired) electrons. The maximum Gasteiger partial charge on any atom is 0.354 e. The quantitative estimate of drug-likeness (QED) is 0.670. The zero-order valence-electron chi connectivity index (χ0n) is 10.4. The van der Waals surface area contributed by atoms with Crippen molar-refractivity contribution < 1.29 is 19.1 Å². The molecule has 7 heteroatoms. The van der Waals surface area contributed by atoms with E-state index in [1.807, 2.05) is 0 Å². The van der Waals surface area contributed by atoms with Crippen LogP contribution in [0.3, 0.4) is 0 Å². The third-order valence-electron chi connectivity index (χ3n) is 2.64. The van der Waals surface area contributed by atoms with Gasteiger partial charge in [-0.15, -0.1) is 0 Å². The first-order chi connectivity index (χ1) is 9.56. The molecule has 1 amide bonds. The van der Waals surface area contributed by atoms with Crippen LogP contribution in [0, 0.1) is 0 Å². The Bertz CT molecular complexity index is 581. The van der Waals surface area contributed by atoms with E-state index in [0.717, 1.165) is 0 Å². The first-order valence-electron chi connectivity index (χ1n) is 5.87. The highest BCUT2D eigenvalue weighted by Crippen LogP contribution is 2.10. The lowest BCUT2D eigenvalue weighted by Gasteiger charge is -2.11. The molecule has 2 rings (SSSR count). The number of amides is 1. The number of Topliss-reactive ketones (excluding diaryl/α,β-unsaturated/α-hetero) is 1. The van der Waals surface area contributed by atoms with E-state index in [4.69, 9.17) is 16.3 Å². The number of benzene rings is 1. The summed E-state index contributed by atoms with van der Waals surface area (Å²) in [4.78, 5) is 34.3. The number of hydrogen-bond donors (Lipinski definition) is 1. The molecule has 1 aliphatic heterocycles. The van der Waals surface area contributed by atoms with E-state index in [-0.39, 0.29) is 36.9 Å². The fraction of sp³-hybridized carbons (Fsp3) is 0.231. The second-order valence-electron chi connectivity index (χ2n) is 4.10. The van der Waals surface area contributed by atoms with Crippen LogP contribution < -0.4 is 5.43 Å². The Morgan fingerprint density at radius 3 is 2.55 bits per heavy atom. The van der Waals surface area contributed by atoms with Crippen molar-refractivity contribution in [1.29, 1.82) is 0 Å². The normalized spacial score (nSPS) is 14.2. The second kappa shape index (κ2) is 6.29. The van der Waals surface area contributed by atoms with Crippen LogP contribution in [0.25, 0.3) is 0 Å². The SMILES string of the molecule is O=C1CCC(C(=O)OCC(=O)c2ccc(Cl)cc2)=NN1. The molecular weight excluding hydrogens is 284 g/mol. The molecule has 0 aliphatic carbocycles. The largest absolute Gasteiger partial charge is 0.453 e. The Kier molecular flexibility index (Phi) is 4.47. The molecule has 6 nitrogen and oxygen atoms in total. The molecule has 0 saturated carbocycles. The van der Waals surface area contributed by atoms with E-state index >= 15 is 0 Å². The number of nitrogens with one attached hydrogen (secondary N) is 1. The summed E-state index contributed by atoms with van der Waals surface area (Å²) in [6.07, 6.45) is 0.388. The highest BCUT2D eigenvalue weighted by atomic mass is 35.5. The summed E-state index contributed by atoms with van der Waals surface area (Å²) in [5.74, 6) is -1.29. The molecule has 1 aromatic rings. The number of rotatable bonds is 4. The molecule has 1 N–H and O–H groups in total. The fourth-order valence-electron chi connectivity index (χ4n) is 1.55. The van der Waals surface area contributed by atoms with Crippen LogP contribution in [0.15, 0.2) is 29.4 Å². The Hall–Kier alpha value is -2.21. The van der Waals surface area contributed by atoms with Gasteiger partial charge in [0.05, 0.1) is 0 Å². The Labute approximate surface area is 119 Å². The zero-order chi connectivity index (χ0) is 14.5.